The normalized spacial score (nSPS) is 27.7. The summed E-state index contributed by atoms with van der Waals surface area (Å²) in [6.45, 7) is 2.81. The van der Waals surface area contributed by atoms with Crippen LogP contribution < -0.4 is 0 Å². The summed E-state index contributed by atoms with van der Waals surface area (Å²) in [7, 11) is 0. The molecule has 2 aliphatic rings. The second kappa shape index (κ2) is 6.74. The first-order chi connectivity index (χ1) is 9.61. The fraction of sp³-hybridized carbons (Fsp3) is 0.800. The van der Waals surface area contributed by atoms with Gasteiger partial charge in [-0.25, -0.2) is 0 Å². The third-order valence-electron chi connectivity index (χ3n) is 4.41. The Labute approximate surface area is 119 Å². The number of nitrogens with zero attached hydrogens (tertiary/aromatic N) is 2. The molecule has 2 atom stereocenters. The Hall–Kier alpha value is -1.57. The standard InChI is InChI=1S/C15H22N2O3/c1-11(18)17-8-6-12(7-9-17)15(19)20-14-5-3-2-4-13(14)10-16/h12-14H,2-9H2,1H3. The van der Waals surface area contributed by atoms with Crippen molar-refractivity contribution in [1.29, 1.82) is 5.26 Å². The second-order valence-electron chi connectivity index (χ2n) is 5.78. The van der Waals surface area contributed by atoms with Crippen LogP contribution in [0, 0.1) is 23.2 Å². The maximum atomic E-state index is 12.2. The molecule has 5 nitrogen and oxygen atoms in total. The van der Waals surface area contributed by atoms with Crippen LogP contribution in [0.1, 0.15) is 45.4 Å². The van der Waals surface area contributed by atoms with E-state index in [0.717, 1.165) is 25.7 Å². The van der Waals surface area contributed by atoms with Gasteiger partial charge in [0, 0.05) is 20.0 Å². The Morgan fingerprint density at radius 2 is 1.80 bits per heavy atom. The molecule has 110 valence electrons. The highest BCUT2D eigenvalue weighted by molar-refractivity contribution is 5.75. The molecular formula is C15H22N2O3. The number of carbonyl (C=O) groups is 2. The minimum atomic E-state index is -0.230. The summed E-state index contributed by atoms with van der Waals surface area (Å²) in [5.74, 6) is -0.383. The van der Waals surface area contributed by atoms with Crippen LogP contribution in [-0.2, 0) is 14.3 Å². The van der Waals surface area contributed by atoms with Crippen LogP contribution in [0.25, 0.3) is 0 Å². The minimum Gasteiger partial charge on any atom is -0.461 e. The zero-order chi connectivity index (χ0) is 14.5. The molecule has 0 aromatic rings. The number of piperidine rings is 1. The summed E-state index contributed by atoms with van der Waals surface area (Å²) >= 11 is 0. The topological polar surface area (TPSA) is 70.4 Å². The first-order valence-corrected chi connectivity index (χ1v) is 7.47. The van der Waals surface area contributed by atoms with Crippen molar-refractivity contribution in [3.05, 3.63) is 0 Å². The van der Waals surface area contributed by atoms with E-state index < -0.39 is 0 Å². The molecule has 0 N–H and O–H groups in total. The third-order valence-corrected chi connectivity index (χ3v) is 4.41. The number of amides is 1. The van der Waals surface area contributed by atoms with Gasteiger partial charge in [-0.1, -0.05) is 6.42 Å². The molecule has 0 aromatic heterocycles. The Balaban J connectivity index is 1.83. The molecule has 0 radical (unpaired) electrons. The molecule has 1 saturated heterocycles. The highest BCUT2D eigenvalue weighted by atomic mass is 16.5. The number of nitriles is 1. The van der Waals surface area contributed by atoms with Crippen molar-refractivity contribution in [3.8, 4) is 6.07 Å². The molecule has 2 unspecified atom stereocenters. The van der Waals surface area contributed by atoms with E-state index in [9.17, 15) is 9.59 Å². The van der Waals surface area contributed by atoms with Gasteiger partial charge in [-0.3, -0.25) is 9.59 Å². The van der Waals surface area contributed by atoms with Crippen molar-refractivity contribution in [1.82, 2.24) is 4.90 Å². The number of carbonyl (C=O) groups excluding carboxylic acids is 2. The van der Waals surface area contributed by atoms with E-state index in [1.54, 1.807) is 11.8 Å². The van der Waals surface area contributed by atoms with Gasteiger partial charge in [-0.15, -0.1) is 0 Å². The van der Waals surface area contributed by atoms with Crippen LogP contribution in [-0.4, -0.2) is 36.0 Å². The van der Waals surface area contributed by atoms with E-state index in [1.807, 2.05) is 0 Å². The summed E-state index contributed by atoms with van der Waals surface area (Å²) < 4.78 is 5.57. The monoisotopic (exact) mass is 278 g/mol. The summed E-state index contributed by atoms with van der Waals surface area (Å²) in [4.78, 5) is 25.2. The van der Waals surface area contributed by atoms with Crippen LogP contribution in [0.5, 0.6) is 0 Å². The highest BCUT2D eigenvalue weighted by Gasteiger charge is 2.32. The molecule has 0 aromatic carbocycles. The fourth-order valence-electron chi connectivity index (χ4n) is 3.06. The van der Waals surface area contributed by atoms with E-state index in [1.165, 1.54) is 0 Å². The molecule has 1 aliphatic heterocycles. The number of likely N-dealkylation sites (tertiary alicyclic amines) is 1. The van der Waals surface area contributed by atoms with Gasteiger partial charge in [0.25, 0.3) is 0 Å². The number of ether oxygens (including phenoxy) is 1. The van der Waals surface area contributed by atoms with Crippen LogP contribution in [0.2, 0.25) is 0 Å². The minimum absolute atomic E-state index is 0.0636. The maximum Gasteiger partial charge on any atom is 0.309 e. The average molecular weight is 278 g/mol. The predicted molar refractivity (Wildman–Crippen MR) is 72.4 cm³/mol. The summed E-state index contributed by atoms with van der Waals surface area (Å²) in [6.07, 6.45) is 4.81. The van der Waals surface area contributed by atoms with Gasteiger partial charge in [0.05, 0.1) is 17.9 Å². The average Bonchev–Trinajstić information content (AvgIpc) is 2.48. The van der Waals surface area contributed by atoms with Gasteiger partial charge >= 0.3 is 5.97 Å². The largest absolute Gasteiger partial charge is 0.461 e. The molecule has 0 bridgehead atoms. The van der Waals surface area contributed by atoms with E-state index in [2.05, 4.69) is 6.07 Å². The van der Waals surface area contributed by atoms with Gasteiger partial charge < -0.3 is 9.64 Å². The third kappa shape index (κ3) is 3.50. The van der Waals surface area contributed by atoms with E-state index >= 15 is 0 Å². The maximum absolute atomic E-state index is 12.2. The smallest absolute Gasteiger partial charge is 0.309 e. The molecular weight excluding hydrogens is 256 g/mol. The Kier molecular flexibility index (Phi) is 4.99. The van der Waals surface area contributed by atoms with Gasteiger partial charge in [0.15, 0.2) is 0 Å². The highest BCUT2D eigenvalue weighted by Crippen LogP contribution is 2.28. The molecule has 2 rings (SSSR count). The molecule has 0 spiro atoms. The number of hydrogen-bond donors (Lipinski definition) is 0. The second-order valence-corrected chi connectivity index (χ2v) is 5.78. The lowest BCUT2D eigenvalue weighted by Gasteiger charge is -2.32. The number of esters is 1. The van der Waals surface area contributed by atoms with Gasteiger partial charge in [-0.2, -0.15) is 5.26 Å². The molecule has 1 amide bonds. The Bertz CT molecular complexity index is 408. The molecule has 1 saturated carbocycles. The summed E-state index contributed by atoms with van der Waals surface area (Å²) in [5.41, 5.74) is 0. The van der Waals surface area contributed by atoms with E-state index in [-0.39, 0.29) is 29.8 Å². The van der Waals surface area contributed by atoms with Crippen molar-refractivity contribution >= 4 is 11.9 Å². The van der Waals surface area contributed by atoms with Gasteiger partial charge in [0.2, 0.25) is 5.91 Å². The van der Waals surface area contributed by atoms with Crippen LogP contribution in [0.3, 0.4) is 0 Å². The molecule has 1 heterocycles. The van der Waals surface area contributed by atoms with E-state index in [0.29, 0.717) is 25.9 Å². The van der Waals surface area contributed by atoms with Crippen molar-refractivity contribution in [3.63, 3.8) is 0 Å². The van der Waals surface area contributed by atoms with E-state index in [4.69, 9.17) is 10.00 Å². The SMILES string of the molecule is CC(=O)N1CCC(C(=O)OC2CCCCC2C#N)CC1. The number of hydrogen-bond acceptors (Lipinski definition) is 4. The summed E-state index contributed by atoms with van der Waals surface area (Å²) in [5, 5.41) is 9.10. The zero-order valence-corrected chi connectivity index (χ0v) is 12.0. The zero-order valence-electron chi connectivity index (χ0n) is 12.0. The van der Waals surface area contributed by atoms with Crippen molar-refractivity contribution in [2.75, 3.05) is 13.1 Å². The lowest BCUT2D eigenvalue weighted by atomic mass is 9.87. The number of rotatable bonds is 2. The van der Waals surface area contributed by atoms with Crippen LogP contribution in [0.4, 0.5) is 0 Å². The van der Waals surface area contributed by atoms with Crippen LogP contribution >= 0.6 is 0 Å². The fourth-order valence-corrected chi connectivity index (χ4v) is 3.06. The Morgan fingerprint density at radius 1 is 1.15 bits per heavy atom. The molecule has 20 heavy (non-hydrogen) atoms. The quantitative estimate of drug-likeness (QED) is 0.723. The summed E-state index contributed by atoms with van der Waals surface area (Å²) in [6, 6.07) is 2.25. The molecule has 1 aliphatic carbocycles. The molecule has 2 fully saturated rings. The van der Waals surface area contributed by atoms with Gasteiger partial charge in [-0.05, 0) is 32.1 Å². The van der Waals surface area contributed by atoms with Crippen LogP contribution in [0.15, 0.2) is 0 Å². The lowest BCUT2D eigenvalue weighted by Crippen LogP contribution is -2.40. The lowest BCUT2D eigenvalue weighted by molar-refractivity contribution is -0.159. The molecule has 5 heteroatoms. The van der Waals surface area contributed by atoms with Crippen molar-refractivity contribution in [2.24, 2.45) is 11.8 Å². The Morgan fingerprint density at radius 3 is 2.40 bits per heavy atom. The van der Waals surface area contributed by atoms with Crippen molar-refractivity contribution in [2.45, 2.75) is 51.6 Å². The first-order valence-electron chi connectivity index (χ1n) is 7.47. The predicted octanol–water partition coefficient (Wildman–Crippen LogP) is 1.87. The first kappa shape index (κ1) is 14.8. The van der Waals surface area contributed by atoms with Gasteiger partial charge in [0.1, 0.15) is 6.10 Å². The van der Waals surface area contributed by atoms with Crippen molar-refractivity contribution < 1.29 is 14.3 Å².